The van der Waals surface area contributed by atoms with Crippen LogP contribution in [0.2, 0.25) is 5.02 Å². The highest BCUT2D eigenvalue weighted by Crippen LogP contribution is 2.21. The summed E-state index contributed by atoms with van der Waals surface area (Å²) in [4.78, 5) is 2.59. The summed E-state index contributed by atoms with van der Waals surface area (Å²) in [7, 11) is 2.03. The molecule has 0 amide bonds. The van der Waals surface area contributed by atoms with Gasteiger partial charge >= 0.3 is 0 Å². The van der Waals surface area contributed by atoms with E-state index in [9.17, 15) is 0 Å². The van der Waals surface area contributed by atoms with Crippen molar-refractivity contribution in [2.24, 2.45) is 11.8 Å². The smallest absolute Gasteiger partial charge is 0.0409 e. The molecule has 0 spiro atoms. The molecule has 0 heterocycles. The summed E-state index contributed by atoms with van der Waals surface area (Å²) in [5, 5.41) is 4.24. The maximum absolute atomic E-state index is 6.11. The minimum absolute atomic E-state index is 0.366. The van der Waals surface area contributed by atoms with Gasteiger partial charge in [0.2, 0.25) is 0 Å². The quantitative estimate of drug-likeness (QED) is 0.717. The lowest BCUT2D eigenvalue weighted by Gasteiger charge is -2.28. The molecule has 1 aromatic rings. The zero-order chi connectivity index (χ0) is 15.8. The van der Waals surface area contributed by atoms with Crippen molar-refractivity contribution in [3.8, 4) is 0 Å². The van der Waals surface area contributed by atoms with E-state index in [2.05, 4.69) is 50.0 Å². The second-order valence-corrected chi connectivity index (χ2v) is 7.17. The van der Waals surface area contributed by atoms with Crippen molar-refractivity contribution in [1.82, 2.24) is 10.2 Å². The van der Waals surface area contributed by atoms with Crippen molar-refractivity contribution in [2.45, 2.75) is 40.2 Å². The number of nitrogens with zero attached hydrogens (tertiary/aromatic N) is 1. The van der Waals surface area contributed by atoms with Crippen LogP contribution in [0.1, 0.15) is 45.7 Å². The van der Waals surface area contributed by atoms with E-state index in [0.717, 1.165) is 18.0 Å². The van der Waals surface area contributed by atoms with Gasteiger partial charge in [-0.15, -0.1) is 0 Å². The fourth-order valence-corrected chi connectivity index (χ4v) is 3.00. The van der Waals surface area contributed by atoms with E-state index in [-0.39, 0.29) is 0 Å². The van der Waals surface area contributed by atoms with Gasteiger partial charge in [-0.05, 0) is 49.5 Å². The van der Waals surface area contributed by atoms with Crippen molar-refractivity contribution >= 4 is 11.6 Å². The maximum atomic E-state index is 6.11. The molecule has 0 aliphatic carbocycles. The zero-order valence-corrected chi connectivity index (χ0v) is 15.0. The van der Waals surface area contributed by atoms with E-state index in [0.29, 0.717) is 17.9 Å². The number of rotatable bonds is 9. The Morgan fingerprint density at radius 3 is 2.19 bits per heavy atom. The van der Waals surface area contributed by atoms with Crippen LogP contribution in [0.4, 0.5) is 0 Å². The lowest BCUT2D eigenvalue weighted by molar-refractivity contribution is 0.209. The van der Waals surface area contributed by atoms with Gasteiger partial charge < -0.3 is 10.2 Å². The summed E-state index contributed by atoms with van der Waals surface area (Å²) < 4.78 is 0. The van der Waals surface area contributed by atoms with Crippen molar-refractivity contribution < 1.29 is 0 Å². The number of halogens is 1. The SMILES string of the molecule is CNC(CCN(CC(C)C)CC(C)C)c1cccc(Cl)c1. The first-order valence-corrected chi connectivity index (χ1v) is 8.45. The molecule has 0 saturated heterocycles. The van der Waals surface area contributed by atoms with Crippen molar-refractivity contribution in [1.29, 1.82) is 0 Å². The first kappa shape index (κ1) is 18.5. The van der Waals surface area contributed by atoms with Gasteiger partial charge in [-0.25, -0.2) is 0 Å². The molecule has 21 heavy (non-hydrogen) atoms. The van der Waals surface area contributed by atoms with Gasteiger partial charge in [0, 0.05) is 24.2 Å². The van der Waals surface area contributed by atoms with Crippen LogP contribution >= 0.6 is 11.6 Å². The molecule has 1 unspecified atom stereocenters. The molecule has 0 aliphatic heterocycles. The topological polar surface area (TPSA) is 15.3 Å². The molecule has 1 rings (SSSR count). The number of hydrogen-bond donors (Lipinski definition) is 1. The molecule has 0 aromatic heterocycles. The van der Waals surface area contributed by atoms with Crippen LogP contribution in [0, 0.1) is 11.8 Å². The summed E-state index contributed by atoms with van der Waals surface area (Å²) >= 11 is 6.11. The monoisotopic (exact) mass is 310 g/mol. The number of hydrogen-bond acceptors (Lipinski definition) is 2. The van der Waals surface area contributed by atoms with Gasteiger partial charge in [0.15, 0.2) is 0 Å². The van der Waals surface area contributed by atoms with Gasteiger partial charge in [0.1, 0.15) is 0 Å². The standard InChI is InChI=1S/C18H31ClN2/c1-14(2)12-21(13-15(3)4)10-9-18(20-5)16-7-6-8-17(19)11-16/h6-8,11,14-15,18,20H,9-10,12-13H2,1-5H3. The molecule has 0 aliphatic rings. The van der Waals surface area contributed by atoms with E-state index in [1.165, 1.54) is 18.7 Å². The summed E-state index contributed by atoms with van der Waals surface area (Å²) in [6, 6.07) is 8.55. The highest BCUT2D eigenvalue weighted by atomic mass is 35.5. The second kappa shape index (κ2) is 9.45. The van der Waals surface area contributed by atoms with Gasteiger partial charge in [-0.2, -0.15) is 0 Å². The Bertz CT molecular complexity index is 394. The first-order valence-electron chi connectivity index (χ1n) is 8.07. The lowest BCUT2D eigenvalue weighted by Crippen LogP contribution is -2.34. The molecule has 1 atom stereocenters. The Balaban J connectivity index is 2.62. The molecular formula is C18H31ClN2. The lowest BCUT2D eigenvalue weighted by atomic mass is 10.0. The van der Waals surface area contributed by atoms with Crippen LogP contribution < -0.4 is 5.32 Å². The van der Waals surface area contributed by atoms with Crippen LogP contribution in [0.15, 0.2) is 24.3 Å². The van der Waals surface area contributed by atoms with E-state index in [4.69, 9.17) is 11.6 Å². The molecule has 0 fully saturated rings. The van der Waals surface area contributed by atoms with Gasteiger partial charge in [0.05, 0.1) is 0 Å². The van der Waals surface area contributed by atoms with E-state index < -0.39 is 0 Å². The highest BCUT2D eigenvalue weighted by molar-refractivity contribution is 6.30. The van der Waals surface area contributed by atoms with Gasteiger partial charge in [-0.3, -0.25) is 0 Å². The van der Waals surface area contributed by atoms with Crippen molar-refractivity contribution in [2.75, 3.05) is 26.7 Å². The molecule has 3 heteroatoms. The van der Waals surface area contributed by atoms with E-state index >= 15 is 0 Å². The van der Waals surface area contributed by atoms with Gasteiger partial charge in [0.25, 0.3) is 0 Å². The van der Waals surface area contributed by atoms with Crippen LogP contribution in [0.3, 0.4) is 0 Å². The fraction of sp³-hybridized carbons (Fsp3) is 0.667. The summed E-state index contributed by atoms with van der Waals surface area (Å²) in [6.07, 6.45) is 1.11. The molecule has 0 saturated carbocycles. The third kappa shape index (κ3) is 7.30. The summed E-state index contributed by atoms with van der Waals surface area (Å²) in [5.74, 6) is 1.42. The molecular weight excluding hydrogens is 280 g/mol. The Kier molecular flexibility index (Phi) is 8.31. The third-order valence-corrected chi connectivity index (χ3v) is 3.82. The van der Waals surface area contributed by atoms with Crippen LogP contribution in [-0.4, -0.2) is 31.6 Å². The van der Waals surface area contributed by atoms with Crippen molar-refractivity contribution in [3.63, 3.8) is 0 Å². The molecule has 0 bridgehead atoms. The van der Waals surface area contributed by atoms with Crippen molar-refractivity contribution in [3.05, 3.63) is 34.9 Å². The van der Waals surface area contributed by atoms with Crippen LogP contribution in [0.25, 0.3) is 0 Å². The predicted octanol–water partition coefficient (Wildman–Crippen LogP) is 4.60. The van der Waals surface area contributed by atoms with E-state index in [1.807, 2.05) is 19.2 Å². The summed E-state index contributed by atoms with van der Waals surface area (Å²) in [6.45, 7) is 12.6. The fourth-order valence-electron chi connectivity index (χ4n) is 2.80. The Labute approximate surface area is 135 Å². The number of benzene rings is 1. The summed E-state index contributed by atoms with van der Waals surface area (Å²) in [5.41, 5.74) is 1.28. The molecule has 1 N–H and O–H groups in total. The average Bonchev–Trinajstić information content (AvgIpc) is 2.38. The van der Waals surface area contributed by atoms with Gasteiger partial charge in [-0.1, -0.05) is 51.4 Å². The number of nitrogens with one attached hydrogen (secondary N) is 1. The average molecular weight is 311 g/mol. The Morgan fingerprint density at radius 2 is 1.71 bits per heavy atom. The molecule has 1 aromatic carbocycles. The third-order valence-electron chi connectivity index (χ3n) is 3.58. The minimum Gasteiger partial charge on any atom is -0.313 e. The maximum Gasteiger partial charge on any atom is 0.0409 e. The predicted molar refractivity (Wildman–Crippen MR) is 94.0 cm³/mol. The minimum atomic E-state index is 0.366. The molecule has 120 valence electrons. The highest BCUT2D eigenvalue weighted by Gasteiger charge is 2.14. The van der Waals surface area contributed by atoms with E-state index in [1.54, 1.807) is 0 Å². The largest absolute Gasteiger partial charge is 0.313 e. The second-order valence-electron chi connectivity index (χ2n) is 6.73. The Morgan fingerprint density at radius 1 is 1.10 bits per heavy atom. The van der Waals surface area contributed by atoms with Crippen LogP contribution in [-0.2, 0) is 0 Å². The molecule has 2 nitrogen and oxygen atoms in total. The Hall–Kier alpha value is -0.570. The van der Waals surface area contributed by atoms with Crippen LogP contribution in [0.5, 0.6) is 0 Å². The first-order chi connectivity index (χ1) is 9.92. The zero-order valence-electron chi connectivity index (χ0n) is 14.2. The normalized spacial score (nSPS) is 13.4. The molecule has 0 radical (unpaired) electrons.